The molecular weight excluding hydrogens is 476 g/mol. The van der Waals surface area contributed by atoms with Gasteiger partial charge in [0, 0.05) is 5.69 Å². The average Bonchev–Trinajstić information content (AvgIpc) is 3.17. The Bertz CT molecular complexity index is 1140. The third-order valence-electron chi connectivity index (χ3n) is 4.49. The first-order chi connectivity index (χ1) is 16.9. The number of hydrogen-bond donors (Lipinski definition) is 3. The number of benzene rings is 2. The average molecular weight is 501 g/mol. The number of aliphatic carboxylic acids is 1. The largest absolute Gasteiger partial charge is 0.494 e. The van der Waals surface area contributed by atoms with Crippen LogP contribution in [0.5, 0.6) is 17.2 Å². The number of hydrogen-bond acceptors (Lipinski definition) is 9. The van der Waals surface area contributed by atoms with Gasteiger partial charge in [-0.25, -0.2) is 0 Å². The fourth-order valence-electron chi connectivity index (χ4n) is 2.92. The van der Waals surface area contributed by atoms with Gasteiger partial charge in [0.1, 0.15) is 11.0 Å². The highest BCUT2D eigenvalue weighted by Crippen LogP contribution is 2.28. The van der Waals surface area contributed by atoms with Crippen LogP contribution >= 0.6 is 11.8 Å². The quantitative estimate of drug-likeness (QED) is 0.315. The molecule has 1 aliphatic heterocycles. The molecule has 2 aromatic carbocycles. The zero-order chi connectivity index (χ0) is 25.2. The van der Waals surface area contributed by atoms with E-state index in [1.807, 2.05) is 6.92 Å². The van der Waals surface area contributed by atoms with Crippen LogP contribution in [0.2, 0.25) is 0 Å². The summed E-state index contributed by atoms with van der Waals surface area (Å²) in [6, 6.07) is 12.0. The van der Waals surface area contributed by atoms with E-state index in [9.17, 15) is 14.4 Å². The molecule has 1 fully saturated rings. The second-order valence-corrected chi connectivity index (χ2v) is 8.24. The summed E-state index contributed by atoms with van der Waals surface area (Å²) in [6.45, 7) is 2.23. The van der Waals surface area contributed by atoms with Crippen LogP contribution in [0.25, 0.3) is 0 Å². The Morgan fingerprint density at radius 1 is 1.17 bits per heavy atom. The molecule has 0 aromatic heterocycles. The number of nitrogens with one attached hydrogen (secondary N) is 2. The number of rotatable bonds is 11. The number of thioether (sulfide) groups is 1. The third-order valence-corrected chi connectivity index (χ3v) is 5.56. The standard InChI is InChI=1S/C23H24N4O7S/c1-3-33-16-7-5-15(6-8-16)25-20(28)13-34-17-9-4-14(10-18(17)32-2)12-24-27-23-26-22(31)19(35-23)11-21(29)30/h4-10,12,19H,3,11,13H2,1-2H3,(H,25,28)(H,29,30)(H,26,27,31). The molecule has 0 spiro atoms. The van der Waals surface area contributed by atoms with Gasteiger partial charge in [-0.15, -0.1) is 5.10 Å². The Balaban J connectivity index is 1.54. The molecular formula is C23H24N4O7S. The Kier molecular flexibility index (Phi) is 9.07. The van der Waals surface area contributed by atoms with Crippen molar-refractivity contribution in [1.29, 1.82) is 0 Å². The summed E-state index contributed by atoms with van der Waals surface area (Å²) in [7, 11) is 1.47. The minimum Gasteiger partial charge on any atom is -0.494 e. The summed E-state index contributed by atoms with van der Waals surface area (Å²) >= 11 is 1.01. The van der Waals surface area contributed by atoms with E-state index in [0.29, 0.717) is 29.4 Å². The van der Waals surface area contributed by atoms with E-state index in [2.05, 4.69) is 20.8 Å². The number of nitrogens with zero attached hydrogens (tertiary/aromatic N) is 2. The molecule has 1 heterocycles. The van der Waals surface area contributed by atoms with Crippen molar-refractivity contribution in [3.8, 4) is 17.2 Å². The van der Waals surface area contributed by atoms with Gasteiger partial charge in [-0.1, -0.05) is 11.8 Å². The van der Waals surface area contributed by atoms with E-state index in [-0.39, 0.29) is 24.1 Å². The van der Waals surface area contributed by atoms with Crippen molar-refractivity contribution in [3.63, 3.8) is 0 Å². The molecule has 1 saturated heterocycles. The van der Waals surface area contributed by atoms with Gasteiger partial charge < -0.3 is 30.0 Å². The topological polar surface area (TPSA) is 148 Å². The number of carboxylic acids is 1. The zero-order valence-electron chi connectivity index (χ0n) is 19.0. The van der Waals surface area contributed by atoms with E-state index in [0.717, 1.165) is 17.5 Å². The number of methoxy groups -OCH3 is 1. The Labute approximate surface area is 205 Å². The van der Waals surface area contributed by atoms with Gasteiger partial charge in [0.2, 0.25) is 5.91 Å². The molecule has 3 N–H and O–H groups in total. The van der Waals surface area contributed by atoms with Crippen molar-refractivity contribution in [2.45, 2.75) is 18.6 Å². The SMILES string of the molecule is CCOc1ccc(NC(=O)COc2ccc(C=NN=C3NC(=O)C(CC(=O)O)S3)cc2OC)cc1. The van der Waals surface area contributed by atoms with Gasteiger partial charge in [-0.2, -0.15) is 5.10 Å². The number of amides is 2. The van der Waals surface area contributed by atoms with Gasteiger partial charge in [-0.3, -0.25) is 14.4 Å². The second kappa shape index (κ2) is 12.4. The summed E-state index contributed by atoms with van der Waals surface area (Å²) in [4.78, 5) is 34.7. The normalized spacial score (nSPS) is 16.2. The van der Waals surface area contributed by atoms with E-state index >= 15 is 0 Å². The molecule has 12 heteroatoms. The highest BCUT2D eigenvalue weighted by Gasteiger charge is 2.32. The van der Waals surface area contributed by atoms with Gasteiger partial charge in [0.25, 0.3) is 5.91 Å². The number of ether oxygens (including phenoxy) is 3. The molecule has 184 valence electrons. The summed E-state index contributed by atoms with van der Waals surface area (Å²) in [5.74, 6) is -0.342. The minimum atomic E-state index is -1.06. The van der Waals surface area contributed by atoms with E-state index < -0.39 is 17.1 Å². The van der Waals surface area contributed by atoms with Crippen LogP contribution < -0.4 is 24.8 Å². The monoisotopic (exact) mass is 500 g/mol. The fraction of sp³-hybridized carbons (Fsp3) is 0.261. The molecule has 1 aliphatic rings. The molecule has 0 radical (unpaired) electrons. The summed E-state index contributed by atoms with van der Waals surface area (Å²) in [5.41, 5.74) is 1.25. The van der Waals surface area contributed by atoms with Gasteiger partial charge in [-0.05, 0) is 55.0 Å². The van der Waals surface area contributed by atoms with Crippen molar-refractivity contribution < 1.29 is 33.7 Å². The number of carboxylic acid groups (broad SMARTS) is 1. The van der Waals surface area contributed by atoms with Gasteiger partial charge in [0.15, 0.2) is 23.3 Å². The lowest BCUT2D eigenvalue weighted by Crippen LogP contribution is -2.26. The lowest BCUT2D eigenvalue weighted by Gasteiger charge is -2.11. The predicted molar refractivity (Wildman–Crippen MR) is 132 cm³/mol. The highest BCUT2D eigenvalue weighted by atomic mass is 32.2. The molecule has 1 atom stereocenters. The molecule has 2 aromatic rings. The molecule has 0 bridgehead atoms. The lowest BCUT2D eigenvalue weighted by atomic mass is 10.2. The molecule has 0 aliphatic carbocycles. The predicted octanol–water partition coefficient (Wildman–Crippen LogP) is 2.51. The molecule has 2 amide bonds. The molecule has 0 saturated carbocycles. The third kappa shape index (κ3) is 7.74. The van der Waals surface area contributed by atoms with Crippen LogP contribution in [0.15, 0.2) is 52.7 Å². The lowest BCUT2D eigenvalue weighted by molar-refractivity contribution is -0.138. The van der Waals surface area contributed by atoms with E-state index in [1.165, 1.54) is 13.3 Å². The van der Waals surface area contributed by atoms with Crippen molar-refractivity contribution in [2.75, 3.05) is 25.6 Å². The second-order valence-electron chi connectivity index (χ2n) is 7.05. The molecule has 1 unspecified atom stereocenters. The first kappa shape index (κ1) is 25.6. The zero-order valence-corrected chi connectivity index (χ0v) is 19.8. The fourth-order valence-corrected chi connectivity index (χ4v) is 3.83. The summed E-state index contributed by atoms with van der Waals surface area (Å²) in [6.07, 6.45) is 1.14. The maximum absolute atomic E-state index is 12.2. The van der Waals surface area contributed by atoms with E-state index in [4.69, 9.17) is 19.3 Å². The minimum absolute atomic E-state index is 0.223. The van der Waals surface area contributed by atoms with Crippen molar-refractivity contribution in [2.24, 2.45) is 10.2 Å². The molecule has 11 nitrogen and oxygen atoms in total. The van der Waals surface area contributed by atoms with Crippen LogP contribution in [-0.2, 0) is 14.4 Å². The first-order valence-electron chi connectivity index (χ1n) is 10.5. The van der Waals surface area contributed by atoms with Gasteiger partial charge >= 0.3 is 5.97 Å². The van der Waals surface area contributed by atoms with Crippen LogP contribution in [0.3, 0.4) is 0 Å². The maximum atomic E-state index is 12.2. The Morgan fingerprint density at radius 2 is 1.94 bits per heavy atom. The van der Waals surface area contributed by atoms with Crippen molar-refractivity contribution in [3.05, 3.63) is 48.0 Å². The van der Waals surface area contributed by atoms with Crippen LogP contribution in [0.4, 0.5) is 5.69 Å². The summed E-state index contributed by atoms with van der Waals surface area (Å²) < 4.78 is 16.3. The molecule has 3 rings (SSSR count). The van der Waals surface area contributed by atoms with E-state index in [1.54, 1.807) is 42.5 Å². The van der Waals surface area contributed by atoms with Crippen molar-refractivity contribution in [1.82, 2.24) is 5.32 Å². The smallest absolute Gasteiger partial charge is 0.305 e. The van der Waals surface area contributed by atoms with Crippen LogP contribution in [-0.4, -0.2) is 59.8 Å². The Morgan fingerprint density at radius 3 is 2.63 bits per heavy atom. The Hall–Kier alpha value is -4.06. The van der Waals surface area contributed by atoms with Crippen LogP contribution in [0, 0.1) is 0 Å². The number of anilines is 1. The van der Waals surface area contributed by atoms with Gasteiger partial charge in [0.05, 0.1) is 26.4 Å². The molecule has 35 heavy (non-hydrogen) atoms. The van der Waals surface area contributed by atoms with Crippen molar-refractivity contribution >= 4 is 46.6 Å². The summed E-state index contributed by atoms with van der Waals surface area (Å²) in [5, 5.41) is 21.4. The first-order valence-corrected chi connectivity index (χ1v) is 11.4. The highest BCUT2D eigenvalue weighted by molar-refractivity contribution is 8.15. The number of amidine groups is 1. The number of carbonyl (C=O) groups is 3. The maximum Gasteiger partial charge on any atom is 0.305 e. The van der Waals surface area contributed by atoms with Crippen LogP contribution in [0.1, 0.15) is 18.9 Å². The number of carbonyl (C=O) groups excluding carboxylic acids is 2.